The molecule has 212 valence electrons. The number of Topliss-reactive ketones (excluding diaryl/α,β-unsaturated/α-hetero) is 1. The van der Waals surface area contributed by atoms with E-state index < -0.39 is 64.3 Å². The first-order valence-electron chi connectivity index (χ1n) is 13.8. The molecule has 7 nitrogen and oxygen atoms in total. The van der Waals surface area contributed by atoms with E-state index in [1.807, 2.05) is 20.8 Å². The number of hydrogen-bond acceptors (Lipinski definition) is 7. The first-order chi connectivity index (χ1) is 18.3. The average molecular weight is 560 g/mol. The molecule has 2 bridgehead atoms. The second kappa shape index (κ2) is 9.98. The molecule has 5 rings (SSSR count). The molecule has 0 aromatic heterocycles. The van der Waals surface area contributed by atoms with Crippen LogP contribution in [0.3, 0.4) is 0 Å². The normalized spacial score (nSPS) is 40.4. The van der Waals surface area contributed by atoms with Gasteiger partial charge in [0.05, 0.1) is 12.7 Å². The summed E-state index contributed by atoms with van der Waals surface area (Å²) in [6, 6.07) is 2.88. The van der Waals surface area contributed by atoms with Crippen molar-refractivity contribution in [1.82, 2.24) is 0 Å². The van der Waals surface area contributed by atoms with Crippen LogP contribution in [0.1, 0.15) is 65.4 Å². The van der Waals surface area contributed by atoms with Crippen molar-refractivity contribution in [3.8, 4) is 0 Å². The number of esters is 1. The smallest absolute Gasteiger partial charge is 0.494 e. The molecule has 0 amide bonds. The number of fused-ring (bicyclic) bond motifs is 1. The van der Waals surface area contributed by atoms with E-state index in [0.717, 1.165) is 12.8 Å². The van der Waals surface area contributed by atoms with Gasteiger partial charge in [0, 0.05) is 28.6 Å². The third-order valence-electron chi connectivity index (χ3n) is 10.9. The van der Waals surface area contributed by atoms with E-state index in [2.05, 4.69) is 13.5 Å². The van der Waals surface area contributed by atoms with Gasteiger partial charge in [0.15, 0.2) is 10.7 Å². The van der Waals surface area contributed by atoms with Crippen molar-refractivity contribution in [3.05, 3.63) is 36.2 Å². The van der Waals surface area contributed by atoms with Gasteiger partial charge >= 0.3 is 13.1 Å². The SMILES string of the molecule is C=C[C@]1(C)C[C@@H](OC(=O)C[S@+]([O-])c2ccc3c(c2F)B(O)OC3)[C@]2(C)[C@H](C)CC[C@]3(CCC(=O)[C@H]32)[C@@H](C)[C@@H]1O. The van der Waals surface area contributed by atoms with E-state index in [4.69, 9.17) is 9.39 Å². The summed E-state index contributed by atoms with van der Waals surface area (Å²) in [6.45, 7) is 12.1. The van der Waals surface area contributed by atoms with Gasteiger partial charge in [-0.1, -0.05) is 39.8 Å². The molecular weight excluding hydrogens is 522 g/mol. The van der Waals surface area contributed by atoms with Crippen LogP contribution in [0.15, 0.2) is 29.7 Å². The van der Waals surface area contributed by atoms with Crippen LogP contribution in [-0.4, -0.2) is 51.5 Å². The summed E-state index contributed by atoms with van der Waals surface area (Å²) in [6.07, 6.45) is 3.25. The molecule has 3 aliphatic carbocycles. The van der Waals surface area contributed by atoms with Crippen LogP contribution < -0.4 is 5.46 Å². The van der Waals surface area contributed by atoms with E-state index in [1.165, 1.54) is 12.1 Å². The van der Waals surface area contributed by atoms with Crippen LogP contribution >= 0.6 is 0 Å². The predicted molar refractivity (Wildman–Crippen MR) is 145 cm³/mol. The third kappa shape index (κ3) is 4.24. The summed E-state index contributed by atoms with van der Waals surface area (Å²) in [5, 5.41) is 21.6. The second-order valence-corrected chi connectivity index (χ2v) is 14.1. The molecule has 0 spiro atoms. The Morgan fingerprint density at radius 2 is 2.08 bits per heavy atom. The number of aliphatic hydroxyl groups is 1. The maximum absolute atomic E-state index is 15.1. The summed E-state index contributed by atoms with van der Waals surface area (Å²) in [4.78, 5) is 26.6. The summed E-state index contributed by atoms with van der Waals surface area (Å²) in [7, 11) is -1.44. The van der Waals surface area contributed by atoms with Gasteiger partial charge in [0.1, 0.15) is 11.9 Å². The number of rotatable bonds is 5. The lowest BCUT2D eigenvalue weighted by molar-refractivity contribution is -0.205. The molecule has 2 N–H and O–H groups in total. The standard InChI is InChI=1S/C29H38BFO7S/c1-6-27(4)13-21(28(5)16(2)9-11-29(17(3)26(27)34)12-10-19(32)25(28)29)38-22(33)15-39(36)20-8-7-18-14-37-30(35)23(18)24(20)31/h6-8,16-17,21,25-26,34-35H,1,9-15H2,2-5H3/t16-,17+,21-,25+,26+,27-,28+,29+,39+/m1/s1. The molecule has 39 heavy (non-hydrogen) atoms. The number of hydrogen-bond donors (Lipinski definition) is 2. The maximum atomic E-state index is 15.1. The molecule has 10 heteroatoms. The van der Waals surface area contributed by atoms with Crippen molar-refractivity contribution in [1.29, 1.82) is 0 Å². The first kappa shape index (κ1) is 28.8. The van der Waals surface area contributed by atoms with Crippen molar-refractivity contribution >= 4 is 35.5 Å². The minimum atomic E-state index is -2.07. The first-order valence-corrected chi connectivity index (χ1v) is 15.1. The van der Waals surface area contributed by atoms with Crippen molar-refractivity contribution < 1.29 is 38.1 Å². The Kier molecular flexibility index (Phi) is 7.37. The van der Waals surface area contributed by atoms with Crippen molar-refractivity contribution in [3.63, 3.8) is 0 Å². The number of halogens is 1. The number of carbonyl (C=O) groups excluding carboxylic acids is 2. The number of aliphatic hydroxyl groups excluding tert-OH is 1. The second-order valence-electron chi connectivity index (χ2n) is 12.7. The summed E-state index contributed by atoms with van der Waals surface area (Å²) >= 11 is -2.07. The number of carbonyl (C=O) groups is 2. The molecule has 1 heterocycles. The Morgan fingerprint density at radius 1 is 1.36 bits per heavy atom. The molecule has 9 atom stereocenters. The molecule has 1 aromatic carbocycles. The summed E-state index contributed by atoms with van der Waals surface area (Å²) in [5.41, 5.74) is -1.46. The van der Waals surface area contributed by atoms with Crippen LogP contribution in [0.2, 0.25) is 0 Å². The van der Waals surface area contributed by atoms with E-state index in [9.17, 15) is 24.3 Å². The highest BCUT2D eigenvalue weighted by Crippen LogP contribution is 2.68. The predicted octanol–water partition coefficient (Wildman–Crippen LogP) is 3.06. The molecule has 0 radical (unpaired) electrons. The van der Waals surface area contributed by atoms with Gasteiger partial charge in [-0.25, -0.2) is 9.18 Å². The Hall–Kier alpha value is -1.72. The van der Waals surface area contributed by atoms with Crippen molar-refractivity contribution in [2.24, 2.45) is 34.0 Å². The maximum Gasteiger partial charge on any atom is 0.494 e. The number of benzene rings is 1. The van der Waals surface area contributed by atoms with Gasteiger partial charge in [-0.2, -0.15) is 0 Å². The Morgan fingerprint density at radius 3 is 2.77 bits per heavy atom. The summed E-state index contributed by atoms with van der Waals surface area (Å²) in [5.74, 6) is -2.49. The van der Waals surface area contributed by atoms with Gasteiger partial charge in [-0.15, -0.1) is 6.58 Å². The van der Waals surface area contributed by atoms with Gasteiger partial charge in [0.2, 0.25) is 5.75 Å². The van der Waals surface area contributed by atoms with E-state index in [0.29, 0.717) is 18.4 Å². The van der Waals surface area contributed by atoms with Gasteiger partial charge in [-0.3, -0.25) is 4.79 Å². The minimum Gasteiger partial charge on any atom is -0.611 e. The molecule has 0 unspecified atom stereocenters. The van der Waals surface area contributed by atoms with Crippen LogP contribution in [-0.2, 0) is 36.8 Å². The minimum absolute atomic E-state index is 0.0503. The molecular formula is C29H38BFO7S. The highest BCUT2D eigenvalue weighted by Gasteiger charge is 2.68. The molecule has 1 aromatic rings. The fourth-order valence-corrected chi connectivity index (χ4v) is 9.28. The molecule has 3 fully saturated rings. The van der Waals surface area contributed by atoms with Gasteiger partial charge in [0.25, 0.3) is 0 Å². The largest absolute Gasteiger partial charge is 0.611 e. The zero-order valence-corrected chi connectivity index (χ0v) is 23.9. The van der Waals surface area contributed by atoms with E-state index in [-0.39, 0.29) is 46.9 Å². The Labute approximate surface area is 232 Å². The molecule has 4 aliphatic rings. The van der Waals surface area contributed by atoms with Crippen LogP contribution in [0.5, 0.6) is 0 Å². The lowest BCUT2D eigenvalue weighted by atomic mass is 9.44. The lowest BCUT2D eigenvalue weighted by Gasteiger charge is -2.61. The quantitative estimate of drug-likeness (QED) is 0.246. The lowest BCUT2D eigenvalue weighted by Crippen LogP contribution is -2.63. The molecule has 1 aliphatic heterocycles. The molecule has 3 saturated carbocycles. The third-order valence-corrected chi connectivity index (χ3v) is 12.3. The van der Waals surface area contributed by atoms with Crippen molar-refractivity contribution in [2.45, 2.75) is 83.5 Å². The van der Waals surface area contributed by atoms with E-state index in [1.54, 1.807) is 6.08 Å². The zero-order chi connectivity index (χ0) is 28.5. The van der Waals surface area contributed by atoms with Gasteiger partial charge in [-0.05, 0) is 65.7 Å². The highest BCUT2D eigenvalue weighted by atomic mass is 32.2. The summed E-state index contributed by atoms with van der Waals surface area (Å²) < 4.78 is 39.5. The van der Waals surface area contributed by atoms with Crippen LogP contribution in [0.25, 0.3) is 0 Å². The number of ether oxygens (including phenoxy) is 1. The van der Waals surface area contributed by atoms with Crippen LogP contribution in [0.4, 0.5) is 4.39 Å². The Bertz CT molecular complexity index is 1200. The Balaban J connectivity index is 1.47. The average Bonchev–Trinajstić information content (AvgIpc) is 3.45. The van der Waals surface area contributed by atoms with E-state index >= 15 is 4.39 Å². The van der Waals surface area contributed by atoms with Crippen molar-refractivity contribution in [2.75, 3.05) is 5.75 Å². The fourth-order valence-electron chi connectivity index (χ4n) is 8.31. The van der Waals surface area contributed by atoms with Gasteiger partial charge < -0.3 is 24.1 Å². The highest BCUT2D eigenvalue weighted by molar-refractivity contribution is 7.92. The molecule has 0 saturated heterocycles. The van der Waals surface area contributed by atoms with Crippen LogP contribution in [0, 0.1) is 39.8 Å². The monoisotopic (exact) mass is 560 g/mol. The number of ketones is 1. The topological polar surface area (TPSA) is 116 Å². The fraction of sp³-hybridized carbons (Fsp3) is 0.655. The zero-order valence-electron chi connectivity index (χ0n) is 23.1.